The van der Waals surface area contributed by atoms with Crippen molar-refractivity contribution >= 4 is 23.3 Å². The molecule has 0 bridgehead atoms. The molecule has 1 saturated heterocycles. The SMILES string of the molecule is CC(C)Oc1ccc(CNC(=O)C2CCCN(c3ccc(=O)n(-c4cccc(Cl)c4)n3)C2)cc1. The number of ether oxygens (including phenoxy) is 1. The molecular weight excluding hydrogens is 452 g/mol. The van der Waals surface area contributed by atoms with Crippen LogP contribution in [-0.4, -0.2) is 34.9 Å². The van der Waals surface area contributed by atoms with Gasteiger partial charge in [0, 0.05) is 30.7 Å². The van der Waals surface area contributed by atoms with Gasteiger partial charge in [0.2, 0.25) is 5.91 Å². The molecule has 0 saturated carbocycles. The zero-order chi connectivity index (χ0) is 24.1. The quantitative estimate of drug-likeness (QED) is 0.548. The monoisotopic (exact) mass is 480 g/mol. The molecule has 2 heterocycles. The molecule has 2 aromatic carbocycles. The third-order valence-electron chi connectivity index (χ3n) is 5.72. The number of piperidine rings is 1. The number of nitrogens with zero attached hydrogens (tertiary/aromatic N) is 3. The maximum atomic E-state index is 12.9. The van der Waals surface area contributed by atoms with Crippen LogP contribution >= 0.6 is 11.6 Å². The molecule has 1 atom stereocenters. The van der Waals surface area contributed by atoms with Gasteiger partial charge in [0.15, 0.2) is 0 Å². The smallest absolute Gasteiger partial charge is 0.271 e. The Balaban J connectivity index is 1.40. The fourth-order valence-corrected chi connectivity index (χ4v) is 4.24. The van der Waals surface area contributed by atoms with Crippen LogP contribution in [-0.2, 0) is 11.3 Å². The van der Waals surface area contributed by atoms with Gasteiger partial charge < -0.3 is 15.0 Å². The summed E-state index contributed by atoms with van der Waals surface area (Å²) in [5.41, 5.74) is 1.39. The lowest BCUT2D eigenvalue weighted by atomic mass is 9.97. The van der Waals surface area contributed by atoms with Gasteiger partial charge in [-0.15, -0.1) is 5.10 Å². The fraction of sp³-hybridized carbons (Fsp3) is 0.346. The fourth-order valence-electron chi connectivity index (χ4n) is 4.05. The van der Waals surface area contributed by atoms with E-state index in [1.54, 1.807) is 30.3 Å². The van der Waals surface area contributed by atoms with Crippen LogP contribution in [0.2, 0.25) is 5.02 Å². The maximum Gasteiger partial charge on any atom is 0.271 e. The van der Waals surface area contributed by atoms with Gasteiger partial charge >= 0.3 is 0 Å². The number of carbonyl (C=O) groups excluding carboxylic acids is 1. The number of aromatic nitrogens is 2. The summed E-state index contributed by atoms with van der Waals surface area (Å²) >= 11 is 6.09. The number of hydrogen-bond donors (Lipinski definition) is 1. The summed E-state index contributed by atoms with van der Waals surface area (Å²) in [4.78, 5) is 27.3. The first kappa shape index (κ1) is 23.8. The highest BCUT2D eigenvalue weighted by molar-refractivity contribution is 6.30. The van der Waals surface area contributed by atoms with Crippen molar-refractivity contribution in [2.75, 3.05) is 18.0 Å². The molecule has 1 N–H and O–H groups in total. The Morgan fingerprint density at radius 1 is 1.18 bits per heavy atom. The third kappa shape index (κ3) is 5.97. The number of rotatable bonds is 7. The lowest BCUT2D eigenvalue weighted by molar-refractivity contribution is -0.125. The zero-order valence-electron chi connectivity index (χ0n) is 19.4. The molecule has 178 valence electrons. The van der Waals surface area contributed by atoms with Gasteiger partial charge in [-0.3, -0.25) is 9.59 Å². The van der Waals surface area contributed by atoms with Gasteiger partial charge in [-0.2, -0.15) is 4.68 Å². The molecule has 4 rings (SSSR count). The number of carbonyl (C=O) groups is 1. The van der Waals surface area contributed by atoms with Crippen molar-refractivity contribution in [3.05, 3.63) is 81.6 Å². The normalized spacial score (nSPS) is 15.9. The van der Waals surface area contributed by atoms with Crippen LogP contribution in [0.25, 0.3) is 5.69 Å². The minimum atomic E-state index is -0.234. The molecule has 0 aliphatic carbocycles. The number of nitrogens with one attached hydrogen (secondary N) is 1. The highest BCUT2D eigenvalue weighted by atomic mass is 35.5. The predicted octanol–water partition coefficient (Wildman–Crippen LogP) is 4.21. The second-order valence-corrected chi connectivity index (χ2v) is 9.17. The highest BCUT2D eigenvalue weighted by Gasteiger charge is 2.27. The van der Waals surface area contributed by atoms with E-state index in [1.807, 2.05) is 38.1 Å². The molecule has 3 aromatic rings. The summed E-state index contributed by atoms with van der Waals surface area (Å²) < 4.78 is 7.01. The average Bonchev–Trinajstić information content (AvgIpc) is 2.83. The van der Waals surface area contributed by atoms with Crippen molar-refractivity contribution in [1.29, 1.82) is 0 Å². The second-order valence-electron chi connectivity index (χ2n) is 8.73. The summed E-state index contributed by atoms with van der Waals surface area (Å²) in [5.74, 6) is 1.36. The van der Waals surface area contributed by atoms with E-state index in [2.05, 4.69) is 15.3 Å². The molecule has 1 aromatic heterocycles. The average molecular weight is 481 g/mol. The Labute approximate surface area is 204 Å². The number of benzene rings is 2. The van der Waals surface area contributed by atoms with Gasteiger partial charge in [0.25, 0.3) is 5.56 Å². The van der Waals surface area contributed by atoms with Crippen LogP contribution in [0, 0.1) is 5.92 Å². The van der Waals surface area contributed by atoms with Crippen molar-refractivity contribution in [3.8, 4) is 11.4 Å². The van der Waals surface area contributed by atoms with Crippen molar-refractivity contribution in [2.45, 2.75) is 39.3 Å². The molecule has 1 aliphatic heterocycles. The van der Waals surface area contributed by atoms with Crippen LogP contribution in [0.1, 0.15) is 32.3 Å². The van der Waals surface area contributed by atoms with Crippen LogP contribution < -0.4 is 20.5 Å². The first-order valence-electron chi connectivity index (χ1n) is 11.5. The second kappa shape index (κ2) is 10.7. The zero-order valence-corrected chi connectivity index (χ0v) is 20.2. The molecule has 34 heavy (non-hydrogen) atoms. The van der Waals surface area contributed by atoms with Crippen LogP contribution in [0.3, 0.4) is 0 Å². The maximum absolute atomic E-state index is 12.9. The molecule has 1 fully saturated rings. The Morgan fingerprint density at radius 3 is 2.71 bits per heavy atom. The van der Waals surface area contributed by atoms with E-state index < -0.39 is 0 Å². The Kier molecular flexibility index (Phi) is 7.53. The molecule has 1 amide bonds. The predicted molar refractivity (Wildman–Crippen MR) is 134 cm³/mol. The Morgan fingerprint density at radius 2 is 1.97 bits per heavy atom. The summed E-state index contributed by atoms with van der Waals surface area (Å²) in [5, 5.41) is 8.14. The van der Waals surface area contributed by atoms with E-state index in [0.29, 0.717) is 29.6 Å². The number of amides is 1. The van der Waals surface area contributed by atoms with E-state index in [0.717, 1.165) is 30.7 Å². The van der Waals surface area contributed by atoms with Gasteiger partial charge in [-0.05, 0) is 68.7 Å². The minimum absolute atomic E-state index is 0.0235. The summed E-state index contributed by atoms with van der Waals surface area (Å²) in [6, 6.07) is 18.0. The number of hydrogen-bond acceptors (Lipinski definition) is 5. The summed E-state index contributed by atoms with van der Waals surface area (Å²) in [6.07, 6.45) is 1.81. The van der Waals surface area contributed by atoms with Crippen molar-refractivity contribution in [1.82, 2.24) is 15.1 Å². The Bertz CT molecular complexity index is 1190. The van der Waals surface area contributed by atoms with Crippen LogP contribution in [0.4, 0.5) is 5.82 Å². The van der Waals surface area contributed by atoms with E-state index in [-0.39, 0.29) is 23.5 Å². The van der Waals surface area contributed by atoms with Gasteiger partial charge in [-0.1, -0.05) is 29.8 Å². The highest BCUT2D eigenvalue weighted by Crippen LogP contribution is 2.22. The van der Waals surface area contributed by atoms with E-state index in [1.165, 1.54) is 10.7 Å². The van der Waals surface area contributed by atoms with Gasteiger partial charge in [-0.25, -0.2) is 0 Å². The van der Waals surface area contributed by atoms with Gasteiger partial charge in [0.05, 0.1) is 17.7 Å². The van der Waals surface area contributed by atoms with E-state index in [4.69, 9.17) is 16.3 Å². The molecular formula is C26H29ClN4O3. The lowest BCUT2D eigenvalue weighted by Crippen LogP contribution is -2.43. The third-order valence-corrected chi connectivity index (χ3v) is 5.95. The van der Waals surface area contributed by atoms with Crippen molar-refractivity contribution < 1.29 is 9.53 Å². The van der Waals surface area contributed by atoms with E-state index >= 15 is 0 Å². The van der Waals surface area contributed by atoms with Crippen LogP contribution in [0.15, 0.2) is 65.5 Å². The van der Waals surface area contributed by atoms with Gasteiger partial charge in [0.1, 0.15) is 11.6 Å². The van der Waals surface area contributed by atoms with Crippen molar-refractivity contribution in [2.24, 2.45) is 5.92 Å². The van der Waals surface area contributed by atoms with Crippen molar-refractivity contribution in [3.63, 3.8) is 0 Å². The first-order chi connectivity index (χ1) is 16.4. The summed E-state index contributed by atoms with van der Waals surface area (Å²) in [7, 11) is 0. The topological polar surface area (TPSA) is 76.5 Å². The molecule has 0 radical (unpaired) electrons. The minimum Gasteiger partial charge on any atom is -0.491 e. The molecule has 1 unspecified atom stereocenters. The molecule has 0 spiro atoms. The number of halogens is 1. The standard InChI is InChI=1S/C26H29ClN4O3/c1-18(2)34-23-10-8-19(9-11-23)16-28-26(33)20-5-4-14-30(17-20)24-12-13-25(32)31(29-24)22-7-3-6-21(27)15-22/h3,6-13,15,18,20H,4-5,14,16-17H2,1-2H3,(H,28,33). The van der Waals surface area contributed by atoms with Crippen LogP contribution in [0.5, 0.6) is 5.75 Å². The number of anilines is 1. The molecule has 1 aliphatic rings. The largest absolute Gasteiger partial charge is 0.491 e. The summed E-state index contributed by atoms with van der Waals surface area (Å²) in [6.45, 7) is 5.77. The van der Waals surface area contributed by atoms with E-state index in [9.17, 15) is 9.59 Å². The lowest BCUT2D eigenvalue weighted by Gasteiger charge is -2.33. The molecule has 8 heteroatoms. The molecule has 7 nitrogen and oxygen atoms in total. The Hall–Kier alpha value is -3.32. The first-order valence-corrected chi connectivity index (χ1v) is 11.9.